The number of rotatable bonds is 3. The van der Waals surface area contributed by atoms with Crippen molar-refractivity contribution >= 4 is 88.1 Å². The zero-order valence-corrected chi connectivity index (χ0v) is 24.8. The molecule has 10 rings (SSSR count). The van der Waals surface area contributed by atoms with Crippen LogP contribution in [0.15, 0.2) is 138 Å². The van der Waals surface area contributed by atoms with Crippen molar-refractivity contribution in [2.45, 2.75) is 0 Å². The number of hydrogen-bond acceptors (Lipinski definition) is 3. The van der Waals surface area contributed by atoms with Crippen LogP contribution in [-0.2, 0) is 0 Å². The first-order chi connectivity index (χ1) is 22.7. The normalized spacial score (nSPS) is 12.9. The fraction of sp³-hybridized carbons (Fsp3) is 0. The standard InChI is InChI=1S/C42H25N3O/c1-3-26(37-24(2)46-36-22-11-9-18-32(36)37)41-31-17-8-10-20-33(31)43-42(44-41)45-34-21-12-19-30-28-15-6-7-16-29(28)38-27-14-5-4-13-25(27)23-35(45)40(38)39(30)34/h3-23H,1-2H2/b37-26-. The SMILES string of the molecule is C=C/C(c1nc(-n2c3cccc4c5ccccc5c5c6ccccc6cc2c5c43)nc2ccccc12)=c1\c(=C)oc2ccccc12. The summed E-state index contributed by atoms with van der Waals surface area (Å²) >= 11 is 0. The Hall–Kier alpha value is -6.26. The summed E-state index contributed by atoms with van der Waals surface area (Å²) in [5.41, 5.74) is 6.03. The van der Waals surface area contributed by atoms with Crippen LogP contribution in [0.1, 0.15) is 5.69 Å². The van der Waals surface area contributed by atoms with Gasteiger partial charge >= 0.3 is 0 Å². The van der Waals surface area contributed by atoms with Crippen LogP contribution in [0.2, 0.25) is 0 Å². The third kappa shape index (κ3) is 3.22. The Balaban J connectivity index is 1.42. The summed E-state index contributed by atoms with van der Waals surface area (Å²) in [7, 11) is 0. The van der Waals surface area contributed by atoms with Gasteiger partial charge in [0.1, 0.15) is 11.0 Å². The molecule has 3 aromatic heterocycles. The second-order valence-corrected chi connectivity index (χ2v) is 11.9. The molecule has 0 unspecified atom stereocenters. The summed E-state index contributed by atoms with van der Waals surface area (Å²) in [6.45, 7) is 8.53. The van der Waals surface area contributed by atoms with Crippen molar-refractivity contribution in [3.8, 4) is 5.95 Å². The van der Waals surface area contributed by atoms with Gasteiger partial charge in [-0.1, -0.05) is 116 Å². The monoisotopic (exact) mass is 587 g/mol. The largest absolute Gasteiger partial charge is 0.457 e. The lowest BCUT2D eigenvalue weighted by Gasteiger charge is -2.13. The highest BCUT2D eigenvalue weighted by molar-refractivity contribution is 6.39. The summed E-state index contributed by atoms with van der Waals surface area (Å²) in [6.07, 6.45) is 1.87. The number of furan rings is 1. The van der Waals surface area contributed by atoms with Gasteiger partial charge in [0.05, 0.1) is 22.2 Å². The fourth-order valence-electron chi connectivity index (χ4n) is 7.62. The number of fused-ring (bicyclic) bond motifs is 7. The highest BCUT2D eigenvalue weighted by Gasteiger charge is 2.23. The van der Waals surface area contributed by atoms with Gasteiger partial charge in [-0.15, -0.1) is 0 Å². The summed E-state index contributed by atoms with van der Waals surface area (Å²) < 4.78 is 8.35. The first-order valence-electron chi connectivity index (χ1n) is 15.4. The molecule has 0 N–H and O–H groups in total. The Morgan fingerprint density at radius 1 is 0.609 bits per heavy atom. The summed E-state index contributed by atoms with van der Waals surface area (Å²) in [4.78, 5) is 10.6. The van der Waals surface area contributed by atoms with Crippen molar-refractivity contribution in [2.75, 3.05) is 0 Å². The highest BCUT2D eigenvalue weighted by atomic mass is 16.3. The molecular formula is C42H25N3O. The van der Waals surface area contributed by atoms with Crippen LogP contribution in [0.25, 0.3) is 94.1 Å². The predicted molar refractivity (Wildman–Crippen MR) is 191 cm³/mol. The topological polar surface area (TPSA) is 43.9 Å². The van der Waals surface area contributed by atoms with Gasteiger partial charge in [-0.25, -0.2) is 9.97 Å². The maximum absolute atomic E-state index is 6.11. The molecule has 10 aromatic rings. The molecule has 0 radical (unpaired) electrons. The average Bonchev–Trinajstić information content (AvgIpc) is 3.61. The van der Waals surface area contributed by atoms with E-state index >= 15 is 0 Å². The number of allylic oxidation sites excluding steroid dienone is 1. The Bertz CT molecular complexity index is 3010. The number of aromatic nitrogens is 3. The van der Waals surface area contributed by atoms with E-state index in [1.54, 1.807) is 0 Å². The van der Waals surface area contributed by atoms with Gasteiger partial charge in [-0.2, -0.15) is 0 Å². The lowest BCUT2D eigenvalue weighted by Crippen LogP contribution is -2.22. The van der Waals surface area contributed by atoms with Crippen molar-refractivity contribution in [3.63, 3.8) is 0 Å². The Morgan fingerprint density at radius 3 is 2.13 bits per heavy atom. The van der Waals surface area contributed by atoms with Crippen LogP contribution in [0, 0.1) is 0 Å². The predicted octanol–water partition coefficient (Wildman–Crippen LogP) is 9.17. The second-order valence-electron chi connectivity index (χ2n) is 11.9. The molecule has 0 fully saturated rings. The molecule has 7 aromatic carbocycles. The second kappa shape index (κ2) is 9.13. The first kappa shape index (κ1) is 25.1. The van der Waals surface area contributed by atoms with E-state index in [0.29, 0.717) is 11.4 Å². The number of hydrogen-bond donors (Lipinski definition) is 0. The van der Waals surface area contributed by atoms with Crippen LogP contribution in [-0.4, -0.2) is 14.5 Å². The first-order valence-corrected chi connectivity index (χ1v) is 15.4. The van der Waals surface area contributed by atoms with Gasteiger partial charge in [0.25, 0.3) is 0 Å². The quantitative estimate of drug-likeness (QED) is 0.194. The van der Waals surface area contributed by atoms with Gasteiger partial charge in [0.2, 0.25) is 5.95 Å². The summed E-state index contributed by atoms with van der Waals surface area (Å²) in [5, 5.41) is 12.7. The van der Waals surface area contributed by atoms with Crippen molar-refractivity contribution in [1.29, 1.82) is 0 Å². The van der Waals surface area contributed by atoms with E-state index in [1.165, 1.54) is 43.1 Å². The minimum absolute atomic E-state index is 0.585. The van der Waals surface area contributed by atoms with E-state index in [-0.39, 0.29) is 0 Å². The number of benzene rings is 7. The molecule has 0 amide bonds. The molecule has 0 bridgehead atoms. The Kier molecular flexibility index (Phi) is 4.98. The van der Waals surface area contributed by atoms with Crippen LogP contribution < -0.4 is 10.6 Å². The molecule has 4 nitrogen and oxygen atoms in total. The zero-order chi connectivity index (χ0) is 30.5. The molecule has 0 saturated carbocycles. The van der Waals surface area contributed by atoms with E-state index < -0.39 is 0 Å². The maximum atomic E-state index is 6.11. The third-order valence-electron chi connectivity index (χ3n) is 9.48. The van der Waals surface area contributed by atoms with E-state index in [9.17, 15) is 0 Å². The number of nitrogens with zero attached hydrogens (tertiary/aromatic N) is 3. The molecule has 0 aliphatic rings. The summed E-state index contributed by atoms with van der Waals surface area (Å²) in [5.74, 6) is 0.607. The molecule has 46 heavy (non-hydrogen) atoms. The lowest BCUT2D eigenvalue weighted by atomic mass is 9.91. The summed E-state index contributed by atoms with van der Waals surface area (Å²) in [6, 6.07) is 42.5. The molecule has 0 spiro atoms. The Labute approximate surface area is 262 Å². The molecular weight excluding hydrogens is 562 g/mol. The molecule has 0 atom stereocenters. The van der Waals surface area contributed by atoms with Crippen molar-refractivity contribution in [3.05, 3.63) is 150 Å². The van der Waals surface area contributed by atoms with Gasteiger partial charge in [-0.3, -0.25) is 4.57 Å². The lowest BCUT2D eigenvalue weighted by molar-refractivity contribution is 0.577. The van der Waals surface area contributed by atoms with Crippen molar-refractivity contribution in [1.82, 2.24) is 14.5 Å². The Morgan fingerprint density at radius 2 is 1.28 bits per heavy atom. The molecule has 214 valence electrons. The molecule has 4 heteroatoms. The fourth-order valence-corrected chi connectivity index (χ4v) is 7.62. The van der Waals surface area contributed by atoms with Crippen LogP contribution in [0.5, 0.6) is 0 Å². The van der Waals surface area contributed by atoms with Crippen LogP contribution in [0.3, 0.4) is 0 Å². The van der Waals surface area contributed by atoms with E-state index in [2.05, 4.69) is 109 Å². The van der Waals surface area contributed by atoms with Gasteiger partial charge in [0.15, 0.2) is 0 Å². The van der Waals surface area contributed by atoms with Crippen LogP contribution in [0.4, 0.5) is 0 Å². The van der Waals surface area contributed by atoms with Crippen molar-refractivity contribution < 1.29 is 4.42 Å². The van der Waals surface area contributed by atoms with Crippen molar-refractivity contribution in [2.24, 2.45) is 0 Å². The number of para-hydroxylation sites is 2. The zero-order valence-electron chi connectivity index (χ0n) is 24.8. The molecule has 0 saturated heterocycles. The van der Waals surface area contributed by atoms with Gasteiger partial charge < -0.3 is 4.42 Å². The van der Waals surface area contributed by atoms with Crippen LogP contribution >= 0.6 is 0 Å². The molecule has 0 aliphatic carbocycles. The molecule has 3 heterocycles. The third-order valence-corrected chi connectivity index (χ3v) is 9.48. The smallest absolute Gasteiger partial charge is 0.235 e. The van der Waals surface area contributed by atoms with E-state index in [1.807, 2.05) is 36.4 Å². The van der Waals surface area contributed by atoms with Gasteiger partial charge in [0, 0.05) is 37.7 Å². The molecule has 0 aliphatic heterocycles. The minimum atomic E-state index is 0.585. The van der Waals surface area contributed by atoms with Gasteiger partial charge in [-0.05, 0) is 51.2 Å². The average molecular weight is 588 g/mol. The van der Waals surface area contributed by atoms with E-state index in [0.717, 1.165) is 49.4 Å². The maximum Gasteiger partial charge on any atom is 0.235 e. The van der Waals surface area contributed by atoms with E-state index in [4.69, 9.17) is 14.4 Å². The minimum Gasteiger partial charge on any atom is -0.457 e. The highest BCUT2D eigenvalue weighted by Crippen LogP contribution is 2.46.